The second-order valence-electron chi connectivity index (χ2n) is 6.09. The third kappa shape index (κ3) is 2.68. The van der Waals surface area contributed by atoms with Crippen LogP contribution in [0, 0.1) is 19.7 Å². The Kier molecular flexibility index (Phi) is 4.13. The molecule has 1 fully saturated rings. The van der Waals surface area contributed by atoms with Gasteiger partial charge in [0, 0.05) is 23.6 Å². The molecule has 5 nitrogen and oxygen atoms in total. The number of halogens is 1. The molecule has 1 atom stereocenters. The zero-order chi connectivity index (χ0) is 17.4. The van der Waals surface area contributed by atoms with E-state index in [9.17, 15) is 19.1 Å². The number of hydrogen-bond donors (Lipinski definition) is 1. The molecular weight excluding hydrogens is 311 g/mol. The van der Waals surface area contributed by atoms with E-state index >= 15 is 0 Å². The summed E-state index contributed by atoms with van der Waals surface area (Å²) < 4.78 is 15.0. The summed E-state index contributed by atoms with van der Waals surface area (Å²) in [5.41, 5.74) is 2.82. The molecule has 1 aliphatic heterocycles. The van der Waals surface area contributed by atoms with Gasteiger partial charge in [0.1, 0.15) is 11.9 Å². The number of hydrogen-bond acceptors (Lipinski definition) is 2. The van der Waals surface area contributed by atoms with Gasteiger partial charge >= 0.3 is 5.97 Å². The summed E-state index contributed by atoms with van der Waals surface area (Å²) in [6.45, 7) is 4.14. The topological polar surface area (TPSA) is 62.5 Å². The van der Waals surface area contributed by atoms with Crippen molar-refractivity contribution in [1.29, 1.82) is 0 Å². The van der Waals surface area contributed by atoms with E-state index in [1.54, 1.807) is 18.2 Å². The Labute approximate surface area is 139 Å². The lowest BCUT2D eigenvalue weighted by Crippen LogP contribution is -2.40. The van der Waals surface area contributed by atoms with Crippen LogP contribution in [-0.2, 0) is 4.79 Å². The summed E-state index contributed by atoms with van der Waals surface area (Å²) in [7, 11) is 0. The Morgan fingerprint density at radius 1 is 1.21 bits per heavy atom. The largest absolute Gasteiger partial charge is 0.480 e. The predicted molar refractivity (Wildman–Crippen MR) is 86.9 cm³/mol. The van der Waals surface area contributed by atoms with E-state index < -0.39 is 12.0 Å². The molecule has 0 radical (unpaired) electrons. The van der Waals surface area contributed by atoms with Crippen molar-refractivity contribution in [2.75, 3.05) is 6.54 Å². The molecule has 24 heavy (non-hydrogen) atoms. The van der Waals surface area contributed by atoms with Crippen LogP contribution in [0.5, 0.6) is 0 Å². The first-order valence-electron chi connectivity index (χ1n) is 7.89. The monoisotopic (exact) mass is 330 g/mol. The molecular formula is C18H19FN2O3. The first-order valence-corrected chi connectivity index (χ1v) is 7.89. The van der Waals surface area contributed by atoms with Gasteiger partial charge in [-0.2, -0.15) is 0 Å². The number of amides is 1. The van der Waals surface area contributed by atoms with Crippen molar-refractivity contribution >= 4 is 11.9 Å². The second kappa shape index (κ2) is 6.11. The number of carboxylic acid groups (broad SMARTS) is 1. The Bertz CT molecular complexity index is 795. The van der Waals surface area contributed by atoms with Crippen LogP contribution in [0.25, 0.3) is 5.69 Å². The Hall–Kier alpha value is -2.63. The average Bonchev–Trinajstić information content (AvgIpc) is 3.13. The van der Waals surface area contributed by atoms with Crippen LogP contribution in [0.2, 0.25) is 0 Å². The molecule has 2 heterocycles. The van der Waals surface area contributed by atoms with Crippen molar-refractivity contribution in [2.45, 2.75) is 32.7 Å². The molecule has 0 unspecified atom stereocenters. The number of nitrogens with zero attached hydrogens (tertiary/aromatic N) is 2. The lowest BCUT2D eigenvalue weighted by Gasteiger charge is -2.21. The third-order valence-electron chi connectivity index (χ3n) is 4.55. The number of aromatic nitrogens is 1. The van der Waals surface area contributed by atoms with Crippen LogP contribution < -0.4 is 0 Å². The van der Waals surface area contributed by atoms with Gasteiger partial charge in [-0.15, -0.1) is 0 Å². The zero-order valence-electron chi connectivity index (χ0n) is 13.6. The van der Waals surface area contributed by atoms with Crippen molar-refractivity contribution in [3.05, 3.63) is 53.1 Å². The summed E-state index contributed by atoms with van der Waals surface area (Å²) in [6.07, 6.45) is 1.18. The van der Waals surface area contributed by atoms with E-state index in [2.05, 4.69) is 0 Å². The van der Waals surface area contributed by atoms with Gasteiger partial charge in [0.25, 0.3) is 5.91 Å². The quantitative estimate of drug-likeness (QED) is 0.941. The number of benzene rings is 1. The number of carbonyl (C=O) groups excluding carboxylic acids is 1. The van der Waals surface area contributed by atoms with Crippen molar-refractivity contribution in [1.82, 2.24) is 9.47 Å². The minimum Gasteiger partial charge on any atom is -0.480 e. The lowest BCUT2D eigenvalue weighted by atomic mass is 10.2. The first kappa shape index (κ1) is 16.2. The summed E-state index contributed by atoms with van der Waals surface area (Å²) in [5.74, 6) is -1.55. The highest BCUT2D eigenvalue weighted by Gasteiger charge is 2.35. The number of likely N-dealkylation sites (tertiary alicyclic amines) is 1. The standard InChI is InChI=1S/C18H19FN2O3/c1-11-10-15(17(22)20-9-3-4-16(20)18(23)24)12(2)21(11)14-7-5-13(19)6-8-14/h5-8,10,16H,3-4,9H2,1-2H3,(H,23,24)/t16-/m0/s1. The van der Waals surface area contributed by atoms with Gasteiger partial charge in [0.05, 0.1) is 5.56 Å². The minimum atomic E-state index is -0.965. The molecule has 126 valence electrons. The van der Waals surface area contributed by atoms with E-state index in [0.29, 0.717) is 24.9 Å². The maximum atomic E-state index is 13.1. The highest BCUT2D eigenvalue weighted by Crippen LogP contribution is 2.26. The van der Waals surface area contributed by atoms with Crippen molar-refractivity contribution in [3.63, 3.8) is 0 Å². The molecule has 1 saturated heterocycles. The molecule has 0 saturated carbocycles. The fourth-order valence-corrected chi connectivity index (χ4v) is 3.39. The molecule has 1 aromatic heterocycles. The number of carbonyl (C=O) groups is 2. The van der Waals surface area contributed by atoms with Gasteiger partial charge in [-0.3, -0.25) is 4.79 Å². The fraction of sp³-hybridized carbons (Fsp3) is 0.333. The van der Waals surface area contributed by atoms with Gasteiger partial charge in [0.15, 0.2) is 0 Å². The van der Waals surface area contributed by atoms with Crippen molar-refractivity contribution in [3.8, 4) is 5.69 Å². The van der Waals surface area contributed by atoms with Gasteiger partial charge in [-0.1, -0.05) is 0 Å². The van der Waals surface area contributed by atoms with Crippen LogP contribution in [0.15, 0.2) is 30.3 Å². The molecule has 0 aliphatic carbocycles. The van der Waals surface area contributed by atoms with E-state index in [-0.39, 0.29) is 11.7 Å². The molecule has 1 aromatic carbocycles. The van der Waals surface area contributed by atoms with Crippen LogP contribution in [0.3, 0.4) is 0 Å². The summed E-state index contributed by atoms with van der Waals surface area (Å²) in [5, 5.41) is 9.28. The lowest BCUT2D eigenvalue weighted by molar-refractivity contribution is -0.141. The zero-order valence-corrected chi connectivity index (χ0v) is 13.6. The fourth-order valence-electron chi connectivity index (χ4n) is 3.39. The molecule has 0 bridgehead atoms. The Morgan fingerprint density at radius 2 is 1.88 bits per heavy atom. The maximum absolute atomic E-state index is 13.1. The first-order chi connectivity index (χ1) is 11.4. The van der Waals surface area contributed by atoms with E-state index in [4.69, 9.17) is 0 Å². The van der Waals surface area contributed by atoms with Crippen LogP contribution in [0.4, 0.5) is 4.39 Å². The molecule has 0 spiro atoms. The maximum Gasteiger partial charge on any atom is 0.326 e. The van der Waals surface area contributed by atoms with Gasteiger partial charge in [-0.25, -0.2) is 9.18 Å². The predicted octanol–water partition coefficient (Wildman–Crippen LogP) is 2.92. The summed E-state index contributed by atoms with van der Waals surface area (Å²) >= 11 is 0. The molecule has 1 aliphatic rings. The molecule has 6 heteroatoms. The second-order valence-corrected chi connectivity index (χ2v) is 6.09. The highest BCUT2D eigenvalue weighted by molar-refractivity contribution is 5.98. The smallest absolute Gasteiger partial charge is 0.326 e. The van der Waals surface area contributed by atoms with E-state index in [1.165, 1.54) is 17.0 Å². The third-order valence-corrected chi connectivity index (χ3v) is 4.55. The van der Waals surface area contributed by atoms with E-state index in [0.717, 1.165) is 17.1 Å². The van der Waals surface area contributed by atoms with Crippen molar-refractivity contribution < 1.29 is 19.1 Å². The van der Waals surface area contributed by atoms with Gasteiger partial charge in [-0.05, 0) is 57.0 Å². The van der Waals surface area contributed by atoms with Crippen LogP contribution >= 0.6 is 0 Å². The highest BCUT2D eigenvalue weighted by atomic mass is 19.1. The number of aliphatic carboxylic acids is 1. The molecule has 1 amide bonds. The number of rotatable bonds is 3. The van der Waals surface area contributed by atoms with Crippen molar-refractivity contribution in [2.24, 2.45) is 0 Å². The minimum absolute atomic E-state index is 0.263. The van der Waals surface area contributed by atoms with Crippen LogP contribution in [-0.4, -0.2) is 39.0 Å². The number of aryl methyl sites for hydroxylation is 1. The Balaban J connectivity index is 1.98. The summed E-state index contributed by atoms with van der Waals surface area (Å²) in [6, 6.07) is 7.05. The van der Waals surface area contributed by atoms with Crippen LogP contribution in [0.1, 0.15) is 34.6 Å². The molecule has 1 N–H and O–H groups in total. The van der Waals surface area contributed by atoms with Gasteiger partial charge < -0.3 is 14.6 Å². The average molecular weight is 330 g/mol. The van der Waals surface area contributed by atoms with E-state index in [1.807, 2.05) is 18.4 Å². The molecule has 3 rings (SSSR count). The SMILES string of the molecule is Cc1cc(C(=O)N2CCC[C@H]2C(=O)O)c(C)n1-c1ccc(F)cc1. The normalized spacial score (nSPS) is 17.3. The van der Waals surface area contributed by atoms with Gasteiger partial charge in [0.2, 0.25) is 0 Å². The summed E-state index contributed by atoms with van der Waals surface area (Å²) in [4.78, 5) is 25.6. The number of carboxylic acids is 1. The Morgan fingerprint density at radius 3 is 2.50 bits per heavy atom. The molecule has 2 aromatic rings.